The third-order valence-corrected chi connectivity index (χ3v) is 4.26. The lowest BCUT2D eigenvalue weighted by Crippen LogP contribution is -2.28. The van der Waals surface area contributed by atoms with E-state index >= 15 is 0 Å². The standard InChI is InChI=1S/C5H9N2.C3H9O4P.C2H7O4P/c1-7(2)4-3-6-5-7;1-5-8(4,6-2)7-3;1-5-7(3,4)6-2/h3-5H,1-2H3;1-3H3;1-2H3,(H,3,4)/q+1;;/p-1. The zero-order valence-corrected chi connectivity index (χ0v) is 15.6. The number of rotatable bonds is 5. The molecule has 0 N–H and O–H groups in total. The largest absolute Gasteiger partial charge is 0.756 e. The first kappa shape index (κ1) is 23.9. The molecule has 0 unspecified atom stereocenters. The molecular weight excluding hydrogens is 338 g/mol. The van der Waals surface area contributed by atoms with Crippen LogP contribution in [0.5, 0.6) is 0 Å². The molecule has 0 aromatic carbocycles. The van der Waals surface area contributed by atoms with Crippen molar-refractivity contribution in [3.05, 3.63) is 12.4 Å². The first-order valence-corrected chi connectivity index (χ1v) is 8.68. The number of hydrogen-bond donors (Lipinski definition) is 0. The second-order valence-corrected chi connectivity index (χ2v) is 7.61. The predicted molar refractivity (Wildman–Crippen MR) is 80.0 cm³/mol. The third-order valence-electron chi connectivity index (χ3n) is 2.02. The Morgan fingerprint density at radius 1 is 0.909 bits per heavy atom. The van der Waals surface area contributed by atoms with Crippen LogP contribution in [-0.2, 0) is 31.7 Å². The molecule has 0 fully saturated rings. The van der Waals surface area contributed by atoms with Crippen LogP contribution < -0.4 is 4.89 Å². The third kappa shape index (κ3) is 12.2. The molecule has 0 bridgehead atoms. The Labute approximate surface area is 131 Å². The summed E-state index contributed by atoms with van der Waals surface area (Å²) in [6.45, 7) is 0. The second kappa shape index (κ2) is 11.2. The Bertz CT molecular complexity index is 411. The minimum absolute atomic E-state index is 0.778. The summed E-state index contributed by atoms with van der Waals surface area (Å²) in [4.78, 5) is 13.9. The first-order valence-electron chi connectivity index (χ1n) is 5.76. The molecule has 0 aromatic heterocycles. The highest BCUT2D eigenvalue weighted by Gasteiger charge is 2.18. The number of hydrogen-bond acceptors (Lipinski definition) is 9. The van der Waals surface area contributed by atoms with E-state index in [-0.39, 0.29) is 0 Å². The Morgan fingerprint density at radius 3 is 1.36 bits per heavy atom. The molecule has 1 rings (SSSR count). The van der Waals surface area contributed by atoms with Gasteiger partial charge in [0.2, 0.25) is 0 Å². The quantitative estimate of drug-likeness (QED) is 0.532. The van der Waals surface area contributed by atoms with Crippen LogP contribution in [0.25, 0.3) is 0 Å². The SMILES string of the molecule is COP(=O)(OC)OC.COP(=O)([O-])OC.C[N+]1(C)C=CN=C1. The lowest BCUT2D eigenvalue weighted by atomic mass is 10.7. The summed E-state index contributed by atoms with van der Waals surface area (Å²) in [6, 6.07) is 0. The van der Waals surface area contributed by atoms with E-state index in [0.717, 1.165) is 18.7 Å². The lowest BCUT2D eigenvalue weighted by Gasteiger charge is -2.16. The van der Waals surface area contributed by atoms with E-state index in [0.29, 0.717) is 0 Å². The van der Waals surface area contributed by atoms with Crippen LogP contribution in [0.2, 0.25) is 0 Å². The van der Waals surface area contributed by atoms with Crippen LogP contribution in [0, 0.1) is 0 Å². The van der Waals surface area contributed by atoms with E-state index in [1.165, 1.54) is 21.3 Å². The smallest absolute Gasteiger partial charge is 0.473 e. The van der Waals surface area contributed by atoms with Crippen molar-refractivity contribution in [3.63, 3.8) is 0 Å². The molecule has 0 aliphatic carbocycles. The second-order valence-electron chi connectivity index (χ2n) is 4.00. The summed E-state index contributed by atoms with van der Waals surface area (Å²) < 4.78 is 42.2. The monoisotopic (exact) mass is 362 g/mol. The molecule has 0 amide bonds. The van der Waals surface area contributed by atoms with Gasteiger partial charge in [0.1, 0.15) is 6.20 Å². The molecule has 0 atom stereocenters. The number of aliphatic imine (C=N–C) groups is 1. The first-order chi connectivity index (χ1) is 10.0. The van der Waals surface area contributed by atoms with Crippen molar-refractivity contribution in [2.75, 3.05) is 49.6 Å². The van der Waals surface area contributed by atoms with Crippen molar-refractivity contribution in [2.45, 2.75) is 0 Å². The molecule has 0 aromatic rings. The van der Waals surface area contributed by atoms with Crippen LogP contribution in [0.4, 0.5) is 0 Å². The van der Waals surface area contributed by atoms with Gasteiger partial charge in [-0.1, -0.05) is 0 Å². The number of phosphoric acid groups is 2. The van der Waals surface area contributed by atoms with Gasteiger partial charge >= 0.3 is 7.82 Å². The van der Waals surface area contributed by atoms with Crippen molar-refractivity contribution >= 4 is 22.0 Å². The van der Waals surface area contributed by atoms with Gasteiger partial charge in [0.15, 0.2) is 6.34 Å². The maximum atomic E-state index is 10.7. The highest BCUT2D eigenvalue weighted by atomic mass is 31.2. The Hall–Kier alpha value is -0.410. The molecule has 0 saturated heterocycles. The van der Waals surface area contributed by atoms with Crippen LogP contribution in [0.15, 0.2) is 17.4 Å². The zero-order valence-electron chi connectivity index (χ0n) is 13.8. The fourth-order valence-electron chi connectivity index (χ4n) is 0.757. The van der Waals surface area contributed by atoms with Gasteiger partial charge in [-0.3, -0.25) is 22.6 Å². The summed E-state index contributed by atoms with van der Waals surface area (Å²) in [7, 11) is 2.91. The van der Waals surface area contributed by atoms with Gasteiger partial charge < -0.3 is 13.9 Å². The van der Waals surface area contributed by atoms with Gasteiger partial charge in [-0.25, -0.2) is 9.56 Å². The van der Waals surface area contributed by atoms with Crippen LogP contribution >= 0.6 is 15.6 Å². The molecule has 1 aliphatic rings. The van der Waals surface area contributed by atoms with E-state index in [1.54, 1.807) is 6.20 Å². The van der Waals surface area contributed by atoms with Gasteiger partial charge in [-0.05, 0) is 0 Å². The van der Waals surface area contributed by atoms with Gasteiger partial charge in [0.25, 0.3) is 7.82 Å². The average molecular weight is 362 g/mol. The number of phosphoric ester groups is 2. The normalized spacial score (nSPS) is 15.6. The molecule has 0 saturated carbocycles. The summed E-state index contributed by atoms with van der Waals surface area (Å²) in [6.07, 6.45) is 5.69. The lowest BCUT2D eigenvalue weighted by molar-refractivity contribution is -0.732. The summed E-state index contributed by atoms with van der Waals surface area (Å²) in [5.41, 5.74) is 0. The molecule has 1 aliphatic heterocycles. The number of quaternary nitrogens is 1. The minimum atomic E-state index is -3.90. The maximum absolute atomic E-state index is 10.7. The molecule has 10 nitrogen and oxygen atoms in total. The number of nitrogens with zero attached hydrogens (tertiary/aromatic N) is 2. The highest BCUT2D eigenvalue weighted by Crippen LogP contribution is 2.46. The van der Waals surface area contributed by atoms with Crippen molar-refractivity contribution in [3.8, 4) is 0 Å². The van der Waals surface area contributed by atoms with Gasteiger partial charge in [-0.15, -0.1) is 0 Å². The van der Waals surface area contributed by atoms with E-state index in [9.17, 15) is 14.0 Å². The van der Waals surface area contributed by atoms with Crippen LogP contribution in [0.1, 0.15) is 0 Å². The molecular formula is C10H24N2O8P2. The van der Waals surface area contributed by atoms with Crippen molar-refractivity contribution in [1.82, 2.24) is 0 Å². The van der Waals surface area contributed by atoms with Crippen molar-refractivity contribution in [2.24, 2.45) is 4.99 Å². The molecule has 132 valence electrons. The van der Waals surface area contributed by atoms with Gasteiger partial charge in [-0.2, -0.15) is 0 Å². The summed E-state index contributed by atoms with van der Waals surface area (Å²) >= 11 is 0. The molecule has 0 radical (unpaired) electrons. The molecule has 0 spiro atoms. The predicted octanol–water partition coefficient (Wildman–Crippen LogP) is 1.36. The molecule has 22 heavy (non-hydrogen) atoms. The maximum Gasteiger partial charge on any atom is 0.473 e. The molecule has 12 heteroatoms. The summed E-state index contributed by atoms with van der Waals surface area (Å²) in [5.74, 6) is 0. The van der Waals surface area contributed by atoms with Gasteiger partial charge in [0, 0.05) is 35.5 Å². The minimum Gasteiger partial charge on any atom is -0.756 e. The van der Waals surface area contributed by atoms with E-state index in [4.69, 9.17) is 0 Å². The average Bonchev–Trinajstić information content (AvgIpc) is 2.92. The van der Waals surface area contributed by atoms with Crippen molar-refractivity contribution < 1.29 is 41.1 Å². The zero-order chi connectivity index (χ0) is 17.9. The Kier molecular flexibility index (Phi) is 12.1. The van der Waals surface area contributed by atoms with Gasteiger partial charge in [0.05, 0.1) is 20.3 Å². The van der Waals surface area contributed by atoms with E-state index in [2.05, 4.69) is 41.7 Å². The Morgan fingerprint density at radius 2 is 1.32 bits per heavy atom. The molecule has 1 heterocycles. The topological polar surface area (TPSA) is 116 Å². The van der Waals surface area contributed by atoms with Crippen LogP contribution in [-0.4, -0.2) is 60.5 Å². The van der Waals surface area contributed by atoms with Crippen molar-refractivity contribution in [1.29, 1.82) is 0 Å². The van der Waals surface area contributed by atoms with E-state index < -0.39 is 15.6 Å². The highest BCUT2D eigenvalue weighted by molar-refractivity contribution is 7.48. The van der Waals surface area contributed by atoms with E-state index in [1.807, 2.05) is 12.5 Å². The summed E-state index contributed by atoms with van der Waals surface area (Å²) in [5, 5.41) is 0. The fraction of sp³-hybridized carbons (Fsp3) is 0.700. The Balaban J connectivity index is 0. The fourth-order valence-corrected chi connectivity index (χ4v) is 1.35. The van der Waals surface area contributed by atoms with Crippen LogP contribution in [0.3, 0.4) is 0 Å².